The molecule has 0 aromatic heterocycles. The molecule has 2 radical (unpaired) electrons. The molecule has 0 heterocycles. The number of benzene rings is 2. The number of methoxy groups -OCH3 is 1. The summed E-state index contributed by atoms with van der Waals surface area (Å²) in [7, 11) is 7.71. The van der Waals surface area contributed by atoms with Gasteiger partial charge in [-0.1, -0.05) is 24.3 Å². The van der Waals surface area contributed by atoms with Gasteiger partial charge in [-0.2, -0.15) is 0 Å². The predicted molar refractivity (Wildman–Crippen MR) is 73.7 cm³/mol. The number of non-ortho nitro benzene ring substituents is 1. The van der Waals surface area contributed by atoms with Crippen LogP contribution in [0.25, 0.3) is 0 Å². The summed E-state index contributed by atoms with van der Waals surface area (Å²) in [5, 5.41) is 10.7. The number of nitro groups is 1. The fourth-order valence-corrected chi connectivity index (χ4v) is 1.84. The molecule has 94 valence electrons. The van der Waals surface area contributed by atoms with Crippen molar-refractivity contribution in [2.45, 2.75) is 5.82 Å². The molecule has 0 fully saturated rings. The normalized spacial score (nSPS) is 11.8. The van der Waals surface area contributed by atoms with Crippen molar-refractivity contribution in [3.05, 3.63) is 69.8 Å². The summed E-state index contributed by atoms with van der Waals surface area (Å²) in [6.07, 6.45) is 0. The minimum Gasteiger partial charge on any atom is -0.497 e. The molecular formula is C14H12BNO3. The number of hydrogen-bond donors (Lipinski definition) is 0. The van der Waals surface area contributed by atoms with Crippen molar-refractivity contribution in [1.82, 2.24) is 0 Å². The standard InChI is InChI=1S/C14H12BNO3/c1-19-13-7-5-10(6-8-13)14(15)11-3-2-4-12(9-11)16(17)18/h2-9,14H,1H3. The Hall–Kier alpha value is -2.30. The maximum absolute atomic E-state index is 10.7. The Bertz CT molecular complexity index is 583. The third kappa shape index (κ3) is 2.93. The van der Waals surface area contributed by atoms with Crippen LogP contribution in [0.1, 0.15) is 16.9 Å². The lowest BCUT2D eigenvalue weighted by molar-refractivity contribution is -0.384. The lowest BCUT2D eigenvalue weighted by Gasteiger charge is -2.13. The maximum Gasteiger partial charge on any atom is 0.269 e. The first-order chi connectivity index (χ1) is 9.11. The van der Waals surface area contributed by atoms with Gasteiger partial charge in [0, 0.05) is 12.1 Å². The first kappa shape index (κ1) is 13.1. The molecular weight excluding hydrogens is 241 g/mol. The first-order valence-electron chi connectivity index (χ1n) is 5.75. The van der Waals surface area contributed by atoms with Gasteiger partial charge in [-0.3, -0.25) is 10.1 Å². The topological polar surface area (TPSA) is 52.4 Å². The van der Waals surface area contributed by atoms with E-state index in [1.165, 1.54) is 12.1 Å². The van der Waals surface area contributed by atoms with Gasteiger partial charge in [0.15, 0.2) is 0 Å². The van der Waals surface area contributed by atoms with E-state index in [9.17, 15) is 10.1 Å². The van der Waals surface area contributed by atoms with E-state index in [1.807, 2.05) is 24.3 Å². The molecule has 0 spiro atoms. The van der Waals surface area contributed by atoms with E-state index in [0.29, 0.717) is 5.56 Å². The fourth-order valence-electron chi connectivity index (χ4n) is 1.84. The van der Waals surface area contributed by atoms with Gasteiger partial charge in [-0.15, -0.1) is 0 Å². The van der Waals surface area contributed by atoms with Crippen molar-refractivity contribution < 1.29 is 9.66 Å². The summed E-state index contributed by atoms with van der Waals surface area (Å²) < 4.78 is 5.08. The van der Waals surface area contributed by atoms with Gasteiger partial charge >= 0.3 is 0 Å². The van der Waals surface area contributed by atoms with Crippen LogP contribution in [0.3, 0.4) is 0 Å². The van der Waals surface area contributed by atoms with E-state index >= 15 is 0 Å². The zero-order valence-corrected chi connectivity index (χ0v) is 10.4. The van der Waals surface area contributed by atoms with Gasteiger partial charge in [0.2, 0.25) is 0 Å². The van der Waals surface area contributed by atoms with Crippen LogP contribution in [0, 0.1) is 10.1 Å². The number of hydrogen-bond acceptors (Lipinski definition) is 3. The SMILES string of the molecule is [B]C(c1ccc(OC)cc1)c1cccc([N+](=O)[O-])c1. The largest absolute Gasteiger partial charge is 0.497 e. The number of nitro benzene ring substituents is 1. The highest BCUT2D eigenvalue weighted by Gasteiger charge is 2.12. The van der Waals surface area contributed by atoms with E-state index in [-0.39, 0.29) is 5.69 Å². The summed E-state index contributed by atoms with van der Waals surface area (Å²) in [6, 6.07) is 13.7. The highest BCUT2D eigenvalue weighted by molar-refractivity contribution is 6.14. The zero-order valence-electron chi connectivity index (χ0n) is 10.4. The third-order valence-electron chi connectivity index (χ3n) is 2.92. The molecule has 0 bridgehead atoms. The van der Waals surface area contributed by atoms with Gasteiger partial charge in [0.25, 0.3) is 5.69 Å². The summed E-state index contributed by atoms with van der Waals surface area (Å²) in [5.41, 5.74) is 1.63. The fraction of sp³-hybridized carbons (Fsp3) is 0.143. The summed E-state index contributed by atoms with van der Waals surface area (Å²) in [6.45, 7) is 0. The van der Waals surface area contributed by atoms with Crippen LogP contribution in [0.2, 0.25) is 0 Å². The van der Waals surface area contributed by atoms with Crippen LogP contribution >= 0.6 is 0 Å². The smallest absolute Gasteiger partial charge is 0.269 e. The molecule has 5 heteroatoms. The Balaban J connectivity index is 2.29. The van der Waals surface area contributed by atoms with E-state index in [4.69, 9.17) is 12.6 Å². The van der Waals surface area contributed by atoms with Crippen molar-refractivity contribution >= 4 is 13.5 Å². The van der Waals surface area contributed by atoms with E-state index in [0.717, 1.165) is 11.3 Å². The molecule has 2 aromatic carbocycles. The summed E-state index contributed by atoms with van der Waals surface area (Å²) in [5.74, 6) is 0.348. The second-order valence-electron chi connectivity index (χ2n) is 4.10. The molecule has 0 aliphatic heterocycles. The average molecular weight is 253 g/mol. The van der Waals surface area contributed by atoms with Gasteiger partial charge in [-0.05, 0) is 29.1 Å². The molecule has 1 atom stereocenters. The molecule has 2 rings (SSSR count). The van der Waals surface area contributed by atoms with Crippen molar-refractivity contribution in [3.63, 3.8) is 0 Å². The third-order valence-corrected chi connectivity index (χ3v) is 2.92. The number of rotatable bonds is 4. The minimum atomic E-state index is -0.426. The van der Waals surface area contributed by atoms with Crippen LogP contribution in [-0.2, 0) is 0 Å². The summed E-state index contributed by atoms with van der Waals surface area (Å²) in [4.78, 5) is 10.3. The monoisotopic (exact) mass is 253 g/mol. The van der Waals surface area contributed by atoms with E-state index < -0.39 is 10.7 Å². The van der Waals surface area contributed by atoms with Crippen molar-refractivity contribution in [3.8, 4) is 5.75 Å². The highest BCUT2D eigenvalue weighted by atomic mass is 16.6. The zero-order chi connectivity index (χ0) is 13.8. The van der Waals surface area contributed by atoms with E-state index in [2.05, 4.69) is 0 Å². The van der Waals surface area contributed by atoms with E-state index in [1.54, 1.807) is 19.2 Å². The molecule has 0 aliphatic rings. The van der Waals surface area contributed by atoms with Crippen LogP contribution in [0.5, 0.6) is 5.75 Å². The average Bonchev–Trinajstić information content (AvgIpc) is 2.46. The van der Waals surface area contributed by atoms with Crippen LogP contribution < -0.4 is 4.74 Å². The van der Waals surface area contributed by atoms with Crippen LogP contribution in [0.4, 0.5) is 5.69 Å². The first-order valence-corrected chi connectivity index (χ1v) is 5.75. The van der Waals surface area contributed by atoms with Crippen LogP contribution in [-0.4, -0.2) is 19.9 Å². The Labute approximate surface area is 112 Å². The lowest BCUT2D eigenvalue weighted by atomic mass is 9.76. The minimum absolute atomic E-state index is 0.0430. The second-order valence-corrected chi connectivity index (χ2v) is 4.10. The predicted octanol–water partition coefficient (Wildman–Crippen LogP) is 2.86. The summed E-state index contributed by atoms with van der Waals surface area (Å²) >= 11 is 0. The molecule has 0 aliphatic carbocycles. The molecule has 19 heavy (non-hydrogen) atoms. The van der Waals surface area contributed by atoms with Crippen molar-refractivity contribution in [2.24, 2.45) is 0 Å². The molecule has 0 saturated heterocycles. The van der Waals surface area contributed by atoms with Gasteiger partial charge < -0.3 is 4.74 Å². The molecule has 4 nitrogen and oxygen atoms in total. The van der Waals surface area contributed by atoms with Gasteiger partial charge in [0.1, 0.15) is 5.75 Å². The molecule has 0 saturated carbocycles. The lowest BCUT2D eigenvalue weighted by Crippen LogP contribution is -2.01. The van der Waals surface area contributed by atoms with Crippen molar-refractivity contribution in [1.29, 1.82) is 0 Å². The van der Waals surface area contributed by atoms with Crippen LogP contribution in [0.15, 0.2) is 48.5 Å². The van der Waals surface area contributed by atoms with Crippen molar-refractivity contribution in [2.75, 3.05) is 7.11 Å². The van der Waals surface area contributed by atoms with Gasteiger partial charge in [0.05, 0.1) is 19.9 Å². The molecule has 2 aromatic rings. The number of ether oxygens (including phenoxy) is 1. The second kappa shape index (κ2) is 5.56. The molecule has 0 amide bonds. The quantitative estimate of drug-likeness (QED) is 0.478. The molecule has 0 N–H and O–H groups in total. The Morgan fingerprint density at radius 3 is 2.42 bits per heavy atom. The Morgan fingerprint density at radius 1 is 1.16 bits per heavy atom. The number of nitrogens with zero attached hydrogens (tertiary/aromatic N) is 1. The Kier molecular flexibility index (Phi) is 3.85. The molecule has 1 unspecified atom stereocenters. The van der Waals surface area contributed by atoms with Gasteiger partial charge in [-0.25, -0.2) is 0 Å². The highest BCUT2D eigenvalue weighted by Crippen LogP contribution is 2.25. The maximum atomic E-state index is 10.7. The Morgan fingerprint density at radius 2 is 1.84 bits per heavy atom.